The average Bonchev–Trinajstić information content (AvgIpc) is 1.50. The van der Waals surface area contributed by atoms with Crippen LogP contribution in [0.5, 0.6) is 0 Å². The Morgan fingerprint density at radius 1 is 0.429 bits per heavy atom. The van der Waals surface area contributed by atoms with Gasteiger partial charge in [0.2, 0.25) is 17.7 Å². The molecule has 0 saturated carbocycles. The Labute approximate surface area is 715 Å². The number of aryl methyl sites for hydroxylation is 2. The molecule has 0 fully saturated rings. The van der Waals surface area contributed by atoms with Crippen LogP contribution in [0.1, 0.15) is 166 Å². The van der Waals surface area contributed by atoms with E-state index in [4.69, 9.17) is 17.2 Å². The molecule has 18 rings (SSSR count). The summed E-state index contributed by atoms with van der Waals surface area (Å²) in [6.07, 6.45) is 2.94. The number of allylic oxidation sites excluding steroid dienone is 2. The van der Waals surface area contributed by atoms with Crippen molar-refractivity contribution in [2.45, 2.75) is 132 Å². The molecular weight excluding hydrogens is 1620 g/mol. The second-order valence-corrected chi connectivity index (χ2v) is 34.0. The van der Waals surface area contributed by atoms with E-state index in [0.29, 0.717) is 133 Å². The number of aliphatic hydroxyl groups is 3. The van der Waals surface area contributed by atoms with Gasteiger partial charge < -0.3 is 42.5 Å². The van der Waals surface area contributed by atoms with Crippen LogP contribution in [0.4, 0.5) is 26.3 Å². The molecular formula is C99H87F6N9O12. The van der Waals surface area contributed by atoms with E-state index in [2.05, 4.69) is 9.97 Å². The standard InChI is InChI=1S/2C33H27F2N3O4.C32H29F2N3O4.CH4/c1-16-19(7-6-10-26(16)38-31(40)21-8-5-9-24(34)29(21)37(4)32(38)41)28-25(35)15-23(30(36)39)22-14-17-13-18(33(2,3)42)11-12-20(17)27(22)28;1-15-10-23-29(25(35)11-15)37-32(41)38(31(23)40)26-7-5-6-19(16(26)2)28-24(34)14-22(30(36)39)21-13-17-12-18(33(3,4)42)8-9-20(17)27(21)28;1-15-18(6-5-9-25(15)37-30(39)20-7-4-8-23(33)28(20)36-31(37)40)27-24(34)14-22(29(35)38)21-13-16-12-17(32(2,3)41)10-11-19(16)26(21)27;/h5-13,15,42H,14H2,1-4H3,(H2,36,39);5-12,14,42H,13H2,1-4H3,(H2,36,39)(H,37,41);4-9,14,17,41H,10-13H2,1-3H3,(H2,35,38)(H,36,40);1H4/t;;17-;/m..1./s1. The maximum absolute atomic E-state index is 16.1. The number of rotatable bonds is 12. The first kappa shape index (κ1) is 86.8. The molecule has 0 spiro atoms. The third kappa shape index (κ3) is 14.4. The van der Waals surface area contributed by atoms with Crippen LogP contribution < -0.4 is 50.9 Å². The summed E-state index contributed by atoms with van der Waals surface area (Å²) in [5.41, 5.74) is 23.2. The van der Waals surface area contributed by atoms with Crippen molar-refractivity contribution in [1.29, 1.82) is 0 Å². The van der Waals surface area contributed by atoms with Crippen LogP contribution in [0, 0.1) is 68.5 Å². The average molecular weight is 1710 g/mol. The van der Waals surface area contributed by atoms with E-state index >= 15 is 13.2 Å². The Balaban J connectivity index is 0.000000145. The number of carbonyl (C=O) groups is 3. The second-order valence-electron chi connectivity index (χ2n) is 34.0. The van der Waals surface area contributed by atoms with Crippen LogP contribution in [-0.2, 0) is 37.5 Å². The number of primary amides is 3. The maximum Gasteiger partial charge on any atom is 0.335 e. The highest BCUT2D eigenvalue weighted by atomic mass is 19.1. The van der Waals surface area contributed by atoms with Crippen LogP contribution in [0.25, 0.3) is 111 Å². The van der Waals surface area contributed by atoms with Crippen molar-refractivity contribution in [3.8, 4) is 72.7 Å². The number of nitrogens with two attached hydrogens (primary N) is 3. The van der Waals surface area contributed by atoms with Gasteiger partial charge in [0.25, 0.3) is 16.7 Å². The van der Waals surface area contributed by atoms with E-state index in [1.54, 1.807) is 148 Å². The summed E-state index contributed by atoms with van der Waals surface area (Å²) < 4.78 is 95.5. The first-order chi connectivity index (χ1) is 59.0. The number of H-pyrrole nitrogens is 2. The summed E-state index contributed by atoms with van der Waals surface area (Å²) in [6.45, 7) is 16.9. The number of nitrogens with zero attached hydrogens (tertiary/aromatic N) is 4. The largest absolute Gasteiger partial charge is 0.390 e. The van der Waals surface area contributed by atoms with E-state index in [9.17, 15) is 71.6 Å². The van der Waals surface area contributed by atoms with Crippen LogP contribution in [0.2, 0.25) is 0 Å². The molecule has 3 heterocycles. The van der Waals surface area contributed by atoms with Gasteiger partial charge in [0, 0.05) is 40.4 Å². The number of hydrogen-bond acceptors (Lipinski definition) is 12. The number of para-hydroxylation sites is 2. The van der Waals surface area contributed by atoms with Gasteiger partial charge in [0.1, 0.15) is 34.9 Å². The van der Waals surface area contributed by atoms with Crippen molar-refractivity contribution in [1.82, 2.24) is 28.2 Å². The van der Waals surface area contributed by atoms with Gasteiger partial charge in [0.15, 0.2) is 0 Å². The summed E-state index contributed by atoms with van der Waals surface area (Å²) >= 11 is 0. The van der Waals surface area contributed by atoms with Crippen molar-refractivity contribution in [3.05, 3.63) is 344 Å². The second kappa shape index (κ2) is 31.6. The zero-order chi connectivity index (χ0) is 89.9. The molecule has 1 atom stereocenters. The number of halogens is 6. The zero-order valence-electron chi connectivity index (χ0n) is 69.6. The number of hydrogen-bond donors (Lipinski definition) is 8. The summed E-state index contributed by atoms with van der Waals surface area (Å²) in [5, 5.41) is 31.8. The van der Waals surface area contributed by atoms with Crippen molar-refractivity contribution >= 4 is 56.0 Å². The molecule has 4 aliphatic carbocycles. The summed E-state index contributed by atoms with van der Waals surface area (Å²) in [5.74, 6) is -6.40. The molecule has 11 N–H and O–H groups in total. The van der Waals surface area contributed by atoms with E-state index in [1.165, 1.54) is 49.5 Å². The monoisotopic (exact) mass is 1710 g/mol. The maximum atomic E-state index is 16.1. The minimum Gasteiger partial charge on any atom is -0.390 e. The molecule has 14 aromatic rings. The number of aromatic nitrogens is 6. The number of aromatic amines is 2. The molecule has 0 unspecified atom stereocenters. The SMILES string of the molecule is C.Cc1c(-c2c(F)cc(C(N)=O)c3c2-c2ccc(C(C)(C)O)cc2C3)cccc1-n1c(=O)c2cccc(F)c2n(C)c1=O.Cc1c(-c2c(F)cc(C(N)=O)c3c2C2=C(C3)C[C@H](C(C)(C)O)CC2)cccc1-n1c(=O)[nH]c2c(F)cccc2c1=O.Cc1cc(F)c2[nH]c(=O)n(-c3cccc(-c4c(F)cc(C(N)=O)c5c4-c4ccc(C(C)(C)O)cc4C5)c3C)c(=O)c2c1. The highest BCUT2D eigenvalue weighted by Crippen LogP contribution is 2.53. The van der Waals surface area contributed by atoms with Gasteiger partial charge in [-0.05, 0) is 298 Å². The van der Waals surface area contributed by atoms with E-state index < -0.39 is 103 Å². The van der Waals surface area contributed by atoms with Crippen LogP contribution in [0.3, 0.4) is 0 Å². The van der Waals surface area contributed by atoms with E-state index in [-0.39, 0.29) is 96.5 Å². The number of carbonyl (C=O) groups excluding carboxylic acids is 3. The molecule has 3 amide bonds. The van der Waals surface area contributed by atoms with E-state index in [0.717, 1.165) is 64.8 Å². The lowest BCUT2D eigenvalue weighted by molar-refractivity contribution is 0.0122. The molecule has 4 aliphatic rings. The van der Waals surface area contributed by atoms with E-state index in [1.807, 2.05) is 12.1 Å². The Kier molecular flexibility index (Phi) is 21.7. The molecule has 0 radical (unpaired) electrons. The third-order valence-corrected chi connectivity index (χ3v) is 24.9. The quantitative estimate of drug-likeness (QED) is 0.0529. The molecule has 642 valence electrons. The lowest BCUT2D eigenvalue weighted by Gasteiger charge is -2.33. The van der Waals surface area contributed by atoms with Gasteiger partial charge in [-0.1, -0.05) is 97.9 Å². The Bertz CT molecular complexity index is 7590. The number of benzene rings is 11. The first-order valence-corrected chi connectivity index (χ1v) is 40.2. The van der Waals surface area contributed by atoms with Gasteiger partial charge in [-0.15, -0.1) is 0 Å². The third-order valence-electron chi connectivity index (χ3n) is 24.9. The van der Waals surface area contributed by atoms with Crippen LogP contribution in [0.15, 0.2) is 192 Å². The highest BCUT2D eigenvalue weighted by molar-refractivity contribution is 6.05. The fraction of sp³-hybridized carbons (Fsp3) is 0.222. The van der Waals surface area contributed by atoms with Crippen molar-refractivity contribution < 1.29 is 56.0 Å². The minimum atomic E-state index is -1.11. The Morgan fingerprint density at radius 3 is 1.27 bits per heavy atom. The lowest BCUT2D eigenvalue weighted by Crippen LogP contribution is -2.38. The van der Waals surface area contributed by atoms with Crippen LogP contribution >= 0.6 is 0 Å². The summed E-state index contributed by atoms with van der Waals surface area (Å²) in [7, 11) is 1.39. The number of nitrogens with one attached hydrogen (secondary N) is 2. The fourth-order valence-electron chi connectivity index (χ4n) is 18.6. The van der Waals surface area contributed by atoms with Crippen molar-refractivity contribution in [2.75, 3.05) is 0 Å². The van der Waals surface area contributed by atoms with Crippen LogP contribution in [-0.4, -0.2) is 66.9 Å². The smallest absolute Gasteiger partial charge is 0.335 e. The minimum absolute atomic E-state index is 0. The first-order valence-electron chi connectivity index (χ1n) is 40.2. The normalized spacial score (nSPS) is 13.7. The Hall–Kier alpha value is -14.2. The molecule has 0 bridgehead atoms. The predicted molar refractivity (Wildman–Crippen MR) is 474 cm³/mol. The molecule has 126 heavy (non-hydrogen) atoms. The molecule has 27 heteroatoms. The summed E-state index contributed by atoms with van der Waals surface area (Å²) in [6, 6.07) is 39.5. The molecule has 11 aromatic carbocycles. The molecule has 3 aromatic heterocycles. The number of fused-ring (bicyclic) bond motifs is 11. The molecule has 0 aliphatic heterocycles. The topological polar surface area (TPSA) is 344 Å². The number of amides is 3. The van der Waals surface area contributed by atoms with Gasteiger partial charge in [0.05, 0.1) is 66.6 Å². The van der Waals surface area contributed by atoms with Gasteiger partial charge >= 0.3 is 17.1 Å². The van der Waals surface area contributed by atoms with Gasteiger partial charge in [-0.25, -0.2) is 54.4 Å². The lowest BCUT2D eigenvalue weighted by atomic mass is 9.75. The van der Waals surface area contributed by atoms with Gasteiger partial charge in [-0.2, -0.15) is 0 Å². The zero-order valence-corrected chi connectivity index (χ0v) is 69.6. The van der Waals surface area contributed by atoms with Gasteiger partial charge in [-0.3, -0.25) is 33.3 Å². The predicted octanol–water partition coefficient (Wildman–Crippen LogP) is 15.5. The molecule has 21 nitrogen and oxygen atoms in total. The highest BCUT2D eigenvalue weighted by Gasteiger charge is 2.40. The van der Waals surface area contributed by atoms with Crippen molar-refractivity contribution in [2.24, 2.45) is 30.2 Å². The summed E-state index contributed by atoms with van der Waals surface area (Å²) in [4.78, 5) is 122. The Morgan fingerprint density at radius 2 is 0.825 bits per heavy atom. The molecule has 0 saturated heterocycles. The van der Waals surface area contributed by atoms with Crippen molar-refractivity contribution in [3.63, 3.8) is 0 Å². The fourth-order valence-corrected chi connectivity index (χ4v) is 18.6.